The Bertz CT molecular complexity index is 718. The summed E-state index contributed by atoms with van der Waals surface area (Å²) in [6.07, 6.45) is 3.07. The minimum absolute atomic E-state index is 0.113. The number of halogens is 1. The molecule has 0 radical (unpaired) electrons. The SMILES string of the molecule is CCCCS(=O)(=O)Nc1ccc(Nc2ccccc2Br)cn1. The first-order valence-electron chi connectivity index (χ1n) is 6.98. The summed E-state index contributed by atoms with van der Waals surface area (Å²) in [5, 5.41) is 3.21. The number of para-hydroxylation sites is 1. The molecule has 0 unspecified atom stereocenters. The number of aromatic nitrogens is 1. The third kappa shape index (κ3) is 4.99. The second-order valence-electron chi connectivity index (χ2n) is 4.81. The van der Waals surface area contributed by atoms with E-state index in [4.69, 9.17) is 0 Å². The topological polar surface area (TPSA) is 71.1 Å². The lowest BCUT2D eigenvalue weighted by atomic mass is 10.3. The van der Waals surface area contributed by atoms with Crippen LogP contribution in [0.25, 0.3) is 0 Å². The molecule has 0 spiro atoms. The van der Waals surface area contributed by atoms with Crippen molar-refractivity contribution in [1.29, 1.82) is 0 Å². The van der Waals surface area contributed by atoms with E-state index in [0.29, 0.717) is 12.2 Å². The number of sulfonamides is 1. The maximum Gasteiger partial charge on any atom is 0.233 e. The first-order chi connectivity index (χ1) is 10.5. The molecule has 5 nitrogen and oxygen atoms in total. The molecule has 0 saturated heterocycles. The molecule has 7 heteroatoms. The van der Waals surface area contributed by atoms with E-state index in [1.54, 1.807) is 18.3 Å². The van der Waals surface area contributed by atoms with Gasteiger partial charge in [-0.2, -0.15) is 0 Å². The van der Waals surface area contributed by atoms with Gasteiger partial charge in [-0.05, 0) is 46.6 Å². The van der Waals surface area contributed by atoms with E-state index in [1.165, 1.54) is 0 Å². The zero-order valence-corrected chi connectivity index (χ0v) is 14.6. The highest BCUT2D eigenvalue weighted by molar-refractivity contribution is 9.10. The van der Waals surface area contributed by atoms with Crippen molar-refractivity contribution in [2.75, 3.05) is 15.8 Å². The van der Waals surface area contributed by atoms with Crippen molar-refractivity contribution in [3.05, 3.63) is 47.1 Å². The van der Waals surface area contributed by atoms with E-state index >= 15 is 0 Å². The summed E-state index contributed by atoms with van der Waals surface area (Å²) >= 11 is 3.46. The lowest BCUT2D eigenvalue weighted by Gasteiger charge is -2.10. The summed E-state index contributed by atoms with van der Waals surface area (Å²) in [5.74, 6) is 0.441. The van der Waals surface area contributed by atoms with E-state index in [-0.39, 0.29) is 5.75 Å². The molecule has 0 aliphatic carbocycles. The van der Waals surface area contributed by atoms with Gasteiger partial charge >= 0.3 is 0 Å². The number of hydrogen-bond acceptors (Lipinski definition) is 4. The summed E-state index contributed by atoms with van der Waals surface area (Å²) in [6, 6.07) is 11.2. The van der Waals surface area contributed by atoms with E-state index in [1.807, 2.05) is 31.2 Å². The zero-order chi connectivity index (χ0) is 16.0. The molecular formula is C15H18BrN3O2S. The van der Waals surface area contributed by atoms with Crippen molar-refractivity contribution in [1.82, 2.24) is 4.98 Å². The lowest BCUT2D eigenvalue weighted by molar-refractivity contribution is 0.597. The lowest BCUT2D eigenvalue weighted by Crippen LogP contribution is -2.17. The normalized spacial score (nSPS) is 11.2. The highest BCUT2D eigenvalue weighted by atomic mass is 79.9. The Kier molecular flexibility index (Phi) is 5.79. The van der Waals surface area contributed by atoms with Crippen LogP contribution in [0.3, 0.4) is 0 Å². The van der Waals surface area contributed by atoms with Crippen LogP contribution in [0, 0.1) is 0 Å². The summed E-state index contributed by atoms with van der Waals surface area (Å²) in [7, 11) is -3.32. The van der Waals surface area contributed by atoms with Gasteiger partial charge in [-0.15, -0.1) is 0 Å². The molecule has 1 aromatic carbocycles. The number of pyridine rings is 1. The van der Waals surface area contributed by atoms with Crippen LogP contribution in [-0.2, 0) is 10.0 Å². The average Bonchev–Trinajstić information content (AvgIpc) is 2.49. The Morgan fingerprint density at radius 2 is 1.95 bits per heavy atom. The molecule has 0 fully saturated rings. The second kappa shape index (κ2) is 7.60. The smallest absolute Gasteiger partial charge is 0.233 e. The maximum atomic E-state index is 11.8. The van der Waals surface area contributed by atoms with Crippen molar-refractivity contribution in [3.63, 3.8) is 0 Å². The average molecular weight is 384 g/mol. The zero-order valence-electron chi connectivity index (χ0n) is 12.2. The van der Waals surface area contributed by atoms with Gasteiger partial charge in [-0.1, -0.05) is 25.5 Å². The van der Waals surface area contributed by atoms with E-state index in [0.717, 1.165) is 22.3 Å². The monoisotopic (exact) mass is 383 g/mol. The molecule has 0 saturated carbocycles. The van der Waals surface area contributed by atoms with Gasteiger partial charge in [0, 0.05) is 4.47 Å². The van der Waals surface area contributed by atoms with Crippen molar-refractivity contribution in [2.45, 2.75) is 19.8 Å². The number of benzene rings is 1. The third-order valence-electron chi connectivity index (χ3n) is 2.94. The highest BCUT2D eigenvalue weighted by Crippen LogP contribution is 2.25. The van der Waals surface area contributed by atoms with Gasteiger partial charge in [-0.3, -0.25) is 4.72 Å². The van der Waals surface area contributed by atoms with Crippen LogP contribution in [0.5, 0.6) is 0 Å². The molecule has 0 aliphatic rings. The Balaban J connectivity index is 2.03. The molecule has 2 aromatic rings. The predicted octanol–water partition coefficient (Wildman–Crippen LogP) is 4.13. The van der Waals surface area contributed by atoms with Crippen LogP contribution in [0.1, 0.15) is 19.8 Å². The number of anilines is 3. The van der Waals surface area contributed by atoms with E-state index in [2.05, 4.69) is 31.0 Å². The molecule has 0 bridgehead atoms. The van der Waals surface area contributed by atoms with Crippen LogP contribution in [-0.4, -0.2) is 19.2 Å². The van der Waals surface area contributed by atoms with Gasteiger partial charge in [0.1, 0.15) is 5.82 Å². The second-order valence-corrected chi connectivity index (χ2v) is 7.51. The van der Waals surface area contributed by atoms with Crippen molar-refractivity contribution >= 4 is 43.1 Å². The van der Waals surface area contributed by atoms with Crippen LogP contribution < -0.4 is 10.0 Å². The van der Waals surface area contributed by atoms with Crippen LogP contribution in [0.4, 0.5) is 17.2 Å². The predicted molar refractivity (Wildman–Crippen MR) is 94.0 cm³/mol. The van der Waals surface area contributed by atoms with Crippen LogP contribution in [0.15, 0.2) is 47.1 Å². The molecule has 2 N–H and O–H groups in total. The summed E-state index contributed by atoms with van der Waals surface area (Å²) in [6.45, 7) is 1.95. The number of hydrogen-bond donors (Lipinski definition) is 2. The van der Waals surface area contributed by atoms with Crippen molar-refractivity contribution in [2.24, 2.45) is 0 Å². The molecule has 0 aliphatic heterocycles. The first kappa shape index (κ1) is 16.8. The minimum atomic E-state index is -3.32. The molecule has 0 atom stereocenters. The maximum absolute atomic E-state index is 11.8. The molecule has 22 heavy (non-hydrogen) atoms. The fourth-order valence-corrected chi connectivity index (χ4v) is 3.39. The molecule has 1 aromatic heterocycles. The van der Waals surface area contributed by atoms with Crippen LogP contribution >= 0.6 is 15.9 Å². The third-order valence-corrected chi connectivity index (χ3v) is 4.98. The summed E-state index contributed by atoms with van der Waals surface area (Å²) < 4.78 is 27.0. The summed E-state index contributed by atoms with van der Waals surface area (Å²) in [5.41, 5.74) is 1.70. The molecule has 1 heterocycles. The van der Waals surface area contributed by atoms with Gasteiger partial charge in [-0.25, -0.2) is 13.4 Å². The molecule has 2 rings (SSSR count). The fraction of sp³-hybridized carbons (Fsp3) is 0.267. The number of nitrogens with zero attached hydrogens (tertiary/aromatic N) is 1. The number of unbranched alkanes of at least 4 members (excludes halogenated alkanes) is 1. The first-order valence-corrected chi connectivity index (χ1v) is 9.43. The Labute approximate surface area is 139 Å². The molecule has 0 amide bonds. The van der Waals surface area contributed by atoms with Gasteiger partial charge in [0.25, 0.3) is 0 Å². The van der Waals surface area contributed by atoms with Gasteiger partial charge in [0.05, 0.1) is 23.3 Å². The standard InChI is InChI=1S/C15H18BrN3O2S/c1-2-3-10-22(20,21)19-15-9-8-12(11-17-15)18-14-7-5-4-6-13(14)16/h4-9,11,18H,2-3,10H2,1H3,(H,17,19). The van der Waals surface area contributed by atoms with Gasteiger partial charge in [0.15, 0.2) is 0 Å². The largest absolute Gasteiger partial charge is 0.353 e. The summed E-state index contributed by atoms with van der Waals surface area (Å²) in [4.78, 5) is 4.13. The minimum Gasteiger partial charge on any atom is -0.353 e. The Hall–Kier alpha value is -1.60. The number of rotatable bonds is 7. The Morgan fingerprint density at radius 1 is 1.18 bits per heavy atom. The fourth-order valence-electron chi connectivity index (χ4n) is 1.79. The van der Waals surface area contributed by atoms with E-state index in [9.17, 15) is 8.42 Å². The van der Waals surface area contributed by atoms with Gasteiger partial charge < -0.3 is 5.32 Å². The quantitative estimate of drug-likeness (QED) is 0.753. The van der Waals surface area contributed by atoms with E-state index < -0.39 is 10.0 Å². The highest BCUT2D eigenvalue weighted by Gasteiger charge is 2.10. The van der Waals surface area contributed by atoms with Gasteiger partial charge in [0.2, 0.25) is 10.0 Å². The Morgan fingerprint density at radius 3 is 2.59 bits per heavy atom. The van der Waals surface area contributed by atoms with Crippen molar-refractivity contribution < 1.29 is 8.42 Å². The van der Waals surface area contributed by atoms with Crippen LogP contribution in [0.2, 0.25) is 0 Å². The molecular weight excluding hydrogens is 366 g/mol. The number of nitrogens with one attached hydrogen (secondary N) is 2. The molecule has 118 valence electrons. The van der Waals surface area contributed by atoms with Crippen molar-refractivity contribution in [3.8, 4) is 0 Å².